The Bertz CT molecular complexity index is 309. The van der Waals surface area contributed by atoms with Crippen LogP contribution in [0, 0.1) is 0 Å². The summed E-state index contributed by atoms with van der Waals surface area (Å²) in [6.45, 7) is 5.60. The van der Waals surface area contributed by atoms with Crippen LogP contribution in [0.15, 0.2) is 17.5 Å². The molecule has 0 aliphatic heterocycles. The van der Waals surface area contributed by atoms with Gasteiger partial charge in [0, 0.05) is 23.9 Å². The standard InChI is InChI=1S/C12H20N2OS/c1-10(2)14(12(15)6-7-13-3)9-11-5-4-8-16-11/h4-5,8,10,13H,6-7,9H2,1-3H3. The van der Waals surface area contributed by atoms with E-state index in [0.29, 0.717) is 6.42 Å². The van der Waals surface area contributed by atoms with Gasteiger partial charge in [0.15, 0.2) is 0 Å². The van der Waals surface area contributed by atoms with E-state index in [2.05, 4.69) is 25.2 Å². The van der Waals surface area contributed by atoms with Crippen molar-refractivity contribution in [1.82, 2.24) is 10.2 Å². The van der Waals surface area contributed by atoms with Crippen LogP contribution < -0.4 is 5.32 Å². The summed E-state index contributed by atoms with van der Waals surface area (Å²) in [6, 6.07) is 4.36. The van der Waals surface area contributed by atoms with Crippen LogP contribution >= 0.6 is 11.3 Å². The summed E-state index contributed by atoms with van der Waals surface area (Å²) >= 11 is 1.70. The lowest BCUT2D eigenvalue weighted by atomic mass is 10.2. The van der Waals surface area contributed by atoms with Crippen molar-refractivity contribution < 1.29 is 4.79 Å². The van der Waals surface area contributed by atoms with Gasteiger partial charge in [0.1, 0.15) is 0 Å². The Morgan fingerprint density at radius 1 is 1.56 bits per heavy atom. The molecular weight excluding hydrogens is 220 g/mol. The van der Waals surface area contributed by atoms with Crippen molar-refractivity contribution in [3.05, 3.63) is 22.4 Å². The van der Waals surface area contributed by atoms with E-state index in [4.69, 9.17) is 0 Å². The molecule has 0 aliphatic rings. The number of hydrogen-bond acceptors (Lipinski definition) is 3. The first-order valence-corrected chi connectivity index (χ1v) is 6.49. The van der Waals surface area contributed by atoms with Crippen LogP contribution in [0.1, 0.15) is 25.1 Å². The van der Waals surface area contributed by atoms with E-state index in [0.717, 1.165) is 13.1 Å². The maximum Gasteiger partial charge on any atom is 0.224 e. The third kappa shape index (κ3) is 3.94. The molecule has 1 amide bonds. The van der Waals surface area contributed by atoms with E-state index >= 15 is 0 Å². The van der Waals surface area contributed by atoms with Crippen molar-refractivity contribution in [3.8, 4) is 0 Å². The average Bonchev–Trinajstić information content (AvgIpc) is 2.74. The molecule has 90 valence electrons. The maximum atomic E-state index is 12.0. The van der Waals surface area contributed by atoms with Gasteiger partial charge < -0.3 is 10.2 Å². The molecule has 1 aromatic heterocycles. The first-order chi connectivity index (χ1) is 7.65. The van der Waals surface area contributed by atoms with Gasteiger partial charge in [-0.3, -0.25) is 4.79 Å². The van der Waals surface area contributed by atoms with Crippen molar-refractivity contribution in [2.75, 3.05) is 13.6 Å². The second-order valence-electron chi connectivity index (χ2n) is 4.05. The lowest BCUT2D eigenvalue weighted by Crippen LogP contribution is -2.37. The van der Waals surface area contributed by atoms with Crippen LogP contribution in [0.25, 0.3) is 0 Å². The highest BCUT2D eigenvalue weighted by atomic mass is 32.1. The van der Waals surface area contributed by atoms with Gasteiger partial charge in [-0.1, -0.05) is 6.07 Å². The van der Waals surface area contributed by atoms with Crippen LogP contribution in [-0.2, 0) is 11.3 Å². The third-order valence-electron chi connectivity index (χ3n) is 2.44. The molecule has 0 unspecified atom stereocenters. The molecule has 0 aromatic carbocycles. The Morgan fingerprint density at radius 3 is 2.81 bits per heavy atom. The van der Waals surface area contributed by atoms with Gasteiger partial charge in [0.2, 0.25) is 5.91 Å². The Balaban J connectivity index is 2.57. The summed E-state index contributed by atoms with van der Waals surface area (Å²) in [7, 11) is 1.87. The summed E-state index contributed by atoms with van der Waals surface area (Å²) in [4.78, 5) is 15.1. The van der Waals surface area contributed by atoms with E-state index < -0.39 is 0 Å². The number of nitrogens with zero attached hydrogens (tertiary/aromatic N) is 1. The number of hydrogen-bond donors (Lipinski definition) is 1. The molecule has 1 heterocycles. The highest BCUT2D eigenvalue weighted by Crippen LogP contribution is 2.14. The summed E-state index contributed by atoms with van der Waals surface area (Å²) in [5.74, 6) is 0.220. The van der Waals surface area contributed by atoms with Crippen LogP contribution in [0.3, 0.4) is 0 Å². The van der Waals surface area contributed by atoms with Gasteiger partial charge in [0.05, 0.1) is 6.54 Å². The van der Waals surface area contributed by atoms with Crippen LogP contribution in [0.4, 0.5) is 0 Å². The molecule has 0 bridgehead atoms. The number of carbonyl (C=O) groups is 1. The third-order valence-corrected chi connectivity index (χ3v) is 3.30. The molecule has 16 heavy (non-hydrogen) atoms. The summed E-state index contributed by atoms with van der Waals surface area (Å²) < 4.78 is 0. The molecule has 0 fully saturated rings. The van der Waals surface area contributed by atoms with Gasteiger partial charge in [-0.15, -0.1) is 11.3 Å². The van der Waals surface area contributed by atoms with Gasteiger partial charge in [0.25, 0.3) is 0 Å². The second kappa shape index (κ2) is 6.66. The first-order valence-electron chi connectivity index (χ1n) is 5.61. The molecule has 0 saturated heterocycles. The van der Waals surface area contributed by atoms with Crippen molar-refractivity contribution in [2.24, 2.45) is 0 Å². The monoisotopic (exact) mass is 240 g/mol. The summed E-state index contributed by atoms with van der Waals surface area (Å²) in [6.07, 6.45) is 0.569. The molecule has 3 nitrogen and oxygen atoms in total. The Labute approximate surface area is 101 Å². The molecular formula is C12H20N2OS. The Morgan fingerprint density at radius 2 is 2.31 bits per heavy atom. The minimum absolute atomic E-state index is 0.220. The van der Waals surface area contributed by atoms with Crippen molar-refractivity contribution in [2.45, 2.75) is 32.9 Å². The molecule has 1 rings (SSSR count). The number of carbonyl (C=O) groups excluding carboxylic acids is 1. The summed E-state index contributed by atoms with van der Waals surface area (Å²) in [5, 5.41) is 5.05. The van der Waals surface area contributed by atoms with Crippen molar-refractivity contribution in [3.63, 3.8) is 0 Å². The predicted molar refractivity (Wildman–Crippen MR) is 68.5 cm³/mol. The minimum atomic E-state index is 0.220. The molecule has 0 aliphatic carbocycles. The highest BCUT2D eigenvalue weighted by molar-refractivity contribution is 7.09. The summed E-state index contributed by atoms with van der Waals surface area (Å²) in [5.41, 5.74) is 0. The average molecular weight is 240 g/mol. The van der Waals surface area contributed by atoms with Crippen molar-refractivity contribution in [1.29, 1.82) is 0 Å². The zero-order valence-corrected chi connectivity index (χ0v) is 11.0. The fraction of sp³-hybridized carbons (Fsp3) is 0.583. The number of thiophene rings is 1. The molecule has 0 spiro atoms. The molecule has 4 heteroatoms. The molecule has 1 N–H and O–H groups in total. The lowest BCUT2D eigenvalue weighted by Gasteiger charge is -2.26. The Kier molecular flexibility index (Phi) is 5.49. The van der Waals surface area contributed by atoms with Crippen LogP contribution in [0.5, 0.6) is 0 Å². The predicted octanol–water partition coefficient (Wildman–Crippen LogP) is 2.09. The van der Waals surface area contributed by atoms with Gasteiger partial charge in [-0.2, -0.15) is 0 Å². The number of rotatable bonds is 6. The molecule has 0 radical (unpaired) electrons. The van der Waals surface area contributed by atoms with E-state index in [1.54, 1.807) is 11.3 Å². The molecule has 0 saturated carbocycles. The fourth-order valence-electron chi connectivity index (χ4n) is 1.50. The topological polar surface area (TPSA) is 32.3 Å². The zero-order valence-electron chi connectivity index (χ0n) is 10.2. The number of nitrogens with one attached hydrogen (secondary N) is 1. The smallest absolute Gasteiger partial charge is 0.224 e. The maximum absolute atomic E-state index is 12.0. The quantitative estimate of drug-likeness (QED) is 0.826. The van der Waals surface area contributed by atoms with Crippen molar-refractivity contribution >= 4 is 17.2 Å². The van der Waals surface area contributed by atoms with E-state index in [-0.39, 0.29) is 11.9 Å². The SMILES string of the molecule is CNCCC(=O)N(Cc1cccs1)C(C)C. The van der Waals surface area contributed by atoms with Gasteiger partial charge >= 0.3 is 0 Å². The largest absolute Gasteiger partial charge is 0.335 e. The molecule has 1 aromatic rings. The fourth-order valence-corrected chi connectivity index (χ4v) is 2.21. The molecule has 0 atom stereocenters. The van der Waals surface area contributed by atoms with Crippen LogP contribution in [-0.4, -0.2) is 30.4 Å². The second-order valence-corrected chi connectivity index (χ2v) is 5.08. The lowest BCUT2D eigenvalue weighted by molar-refractivity contribution is -0.133. The van der Waals surface area contributed by atoms with Crippen LogP contribution in [0.2, 0.25) is 0 Å². The zero-order chi connectivity index (χ0) is 12.0. The first kappa shape index (κ1) is 13.2. The van der Waals surface area contributed by atoms with Gasteiger partial charge in [-0.05, 0) is 32.3 Å². The van der Waals surface area contributed by atoms with E-state index in [1.165, 1.54) is 4.88 Å². The van der Waals surface area contributed by atoms with E-state index in [9.17, 15) is 4.79 Å². The number of amides is 1. The minimum Gasteiger partial charge on any atom is -0.335 e. The normalized spacial score (nSPS) is 10.8. The Hall–Kier alpha value is -0.870. The van der Waals surface area contributed by atoms with E-state index in [1.807, 2.05) is 23.4 Å². The van der Waals surface area contributed by atoms with Gasteiger partial charge in [-0.25, -0.2) is 0 Å². The highest BCUT2D eigenvalue weighted by Gasteiger charge is 2.16.